The van der Waals surface area contributed by atoms with Crippen molar-refractivity contribution in [3.63, 3.8) is 0 Å². The van der Waals surface area contributed by atoms with Crippen molar-refractivity contribution >= 4 is 41.5 Å². The third-order valence-corrected chi connectivity index (χ3v) is 4.41. The van der Waals surface area contributed by atoms with E-state index in [2.05, 4.69) is 36.5 Å². The summed E-state index contributed by atoms with van der Waals surface area (Å²) in [6, 6.07) is 12.5. The monoisotopic (exact) mass is 562 g/mol. The van der Waals surface area contributed by atoms with E-state index in [9.17, 15) is 8.78 Å². The molecule has 1 heterocycles. The number of benzene rings is 2. The average molecular weight is 563 g/mol. The molecule has 7 nitrogen and oxygen atoms in total. The molecule has 0 unspecified atom stereocenters. The van der Waals surface area contributed by atoms with Crippen molar-refractivity contribution in [2.45, 2.75) is 26.2 Å². The predicted molar refractivity (Wildman–Crippen MR) is 126 cm³/mol. The maximum absolute atomic E-state index is 12.6. The van der Waals surface area contributed by atoms with Gasteiger partial charge in [-0.3, -0.25) is 4.99 Å². The summed E-state index contributed by atoms with van der Waals surface area (Å²) in [5.74, 6) is 0.581. The largest absolute Gasteiger partial charge is 0.434 e. The van der Waals surface area contributed by atoms with E-state index in [1.165, 1.54) is 18.5 Å². The van der Waals surface area contributed by atoms with E-state index >= 15 is 0 Å². The van der Waals surface area contributed by atoms with Crippen molar-refractivity contribution in [3.05, 3.63) is 76.8 Å². The van der Waals surface area contributed by atoms with Crippen LogP contribution in [0.25, 0.3) is 0 Å². The van der Waals surface area contributed by atoms with Gasteiger partial charge in [0.1, 0.15) is 18.4 Å². The number of hydrogen-bond acceptors (Lipinski definition) is 4. The van der Waals surface area contributed by atoms with Gasteiger partial charge in [-0.1, -0.05) is 35.9 Å². The number of halogens is 4. The molecule has 0 aliphatic rings. The Kier molecular flexibility index (Phi) is 9.92. The van der Waals surface area contributed by atoms with E-state index in [1.807, 2.05) is 18.2 Å². The summed E-state index contributed by atoms with van der Waals surface area (Å²) in [7, 11) is 1.63. The second kappa shape index (κ2) is 12.4. The molecule has 0 saturated carbocycles. The van der Waals surface area contributed by atoms with Crippen molar-refractivity contribution in [2.24, 2.45) is 4.99 Å². The zero-order valence-corrected chi connectivity index (χ0v) is 19.7. The Morgan fingerprint density at radius 1 is 1.16 bits per heavy atom. The van der Waals surface area contributed by atoms with Crippen LogP contribution in [0.4, 0.5) is 8.78 Å². The van der Waals surface area contributed by atoms with Gasteiger partial charge in [0.15, 0.2) is 5.96 Å². The number of guanidine groups is 1. The molecule has 3 rings (SSSR count). The molecule has 0 spiro atoms. The maximum atomic E-state index is 12.6. The molecule has 3 aromatic rings. The van der Waals surface area contributed by atoms with Gasteiger partial charge in [-0.15, -0.1) is 24.0 Å². The van der Waals surface area contributed by atoms with E-state index in [1.54, 1.807) is 24.1 Å². The van der Waals surface area contributed by atoms with E-state index < -0.39 is 6.61 Å². The Balaban J connectivity index is 0.00000341. The van der Waals surface area contributed by atoms with Crippen molar-refractivity contribution in [1.29, 1.82) is 0 Å². The van der Waals surface area contributed by atoms with Crippen LogP contribution in [0.15, 0.2) is 60.1 Å². The first-order chi connectivity index (χ1) is 14.5. The van der Waals surface area contributed by atoms with Gasteiger partial charge in [-0.25, -0.2) is 9.67 Å². The fourth-order valence-corrected chi connectivity index (χ4v) is 3.02. The number of aromatic nitrogens is 3. The van der Waals surface area contributed by atoms with Crippen molar-refractivity contribution in [2.75, 3.05) is 7.05 Å². The molecule has 1 aromatic heterocycles. The average Bonchev–Trinajstić information content (AvgIpc) is 3.23. The fraction of sp³-hybridized carbons (Fsp3) is 0.250. The maximum Gasteiger partial charge on any atom is 0.387 e. The normalized spacial score (nSPS) is 11.2. The quantitative estimate of drug-likeness (QED) is 0.246. The fourth-order valence-electron chi connectivity index (χ4n) is 2.82. The molecule has 0 aliphatic carbocycles. The summed E-state index contributed by atoms with van der Waals surface area (Å²) in [6.07, 6.45) is 3.16. The van der Waals surface area contributed by atoms with Crippen LogP contribution < -0.4 is 15.4 Å². The smallest absolute Gasteiger partial charge is 0.387 e. The van der Waals surface area contributed by atoms with Gasteiger partial charge in [0.2, 0.25) is 0 Å². The third kappa shape index (κ3) is 7.94. The molecular formula is C20H22ClF2IN6O. The number of nitrogens with zero attached hydrogens (tertiary/aromatic N) is 4. The zero-order valence-electron chi connectivity index (χ0n) is 16.6. The first-order valence-electron chi connectivity index (χ1n) is 9.11. The molecule has 0 fully saturated rings. The van der Waals surface area contributed by atoms with Gasteiger partial charge in [-0.2, -0.15) is 13.9 Å². The summed E-state index contributed by atoms with van der Waals surface area (Å²) < 4.78 is 31.5. The van der Waals surface area contributed by atoms with Gasteiger partial charge in [0.05, 0.1) is 6.54 Å². The highest BCUT2D eigenvalue weighted by Crippen LogP contribution is 2.24. The topological polar surface area (TPSA) is 76.4 Å². The van der Waals surface area contributed by atoms with Crippen molar-refractivity contribution in [3.8, 4) is 5.75 Å². The van der Waals surface area contributed by atoms with Gasteiger partial charge >= 0.3 is 6.61 Å². The minimum atomic E-state index is -2.91. The molecule has 0 aliphatic heterocycles. The van der Waals surface area contributed by atoms with Crippen LogP contribution in [0.5, 0.6) is 5.75 Å². The highest BCUT2D eigenvalue weighted by Gasteiger charge is 2.11. The summed E-state index contributed by atoms with van der Waals surface area (Å²) in [5.41, 5.74) is 2.65. The lowest BCUT2D eigenvalue weighted by molar-refractivity contribution is -0.0504. The molecule has 11 heteroatoms. The molecule has 166 valence electrons. The van der Waals surface area contributed by atoms with Gasteiger partial charge in [0, 0.05) is 30.7 Å². The van der Waals surface area contributed by atoms with Crippen LogP contribution in [0.1, 0.15) is 16.7 Å². The second-order valence-electron chi connectivity index (χ2n) is 6.32. The summed E-state index contributed by atoms with van der Waals surface area (Å²) in [5, 5.41) is 10.8. The van der Waals surface area contributed by atoms with E-state index in [-0.39, 0.29) is 36.3 Å². The molecule has 0 radical (unpaired) electrons. The minimum Gasteiger partial charge on any atom is -0.434 e. The lowest BCUT2D eigenvalue weighted by Crippen LogP contribution is -2.36. The van der Waals surface area contributed by atoms with Crippen LogP contribution >= 0.6 is 35.6 Å². The van der Waals surface area contributed by atoms with Crippen LogP contribution in [0.2, 0.25) is 5.02 Å². The summed E-state index contributed by atoms with van der Waals surface area (Å²) >= 11 is 5.98. The summed E-state index contributed by atoms with van der Waals surface area (Å²) in [4.78, 5) is 8.11. The number of nitrogens with one attached hydrogen (secondary N) is 2. The van der Waals surface area contributed by atoms with Gasteiger partial charge < -0.3 is 15.4 Å². The molecular weight excluding hydrogens is 541 g/mol. The lowest BCUT2D eigenvalue weighted by Gasteiger charge is -2.15. The standard InChI is InChI=1S/C20H21ClF2N6O.HI/c1-24-20(27-10-16-8-17(21)5-6-18(16)30-19(22)23)26-9-14-3-2-4-15(7-14)11-29-13-25-12-28-29;/h2-8,12-13,19H,9-11H2,1H3,(H2,24,26,27);1H. The van der Waals surface area contributed by atoms with E-state index in [4.69, 9.17) is 11.6 Å². The predicted octanol–water partition coefficient (Wildman–Crippen LogP) is 4.06. The van der Waals surface area contributed by atoms with Crippen LogP contribution in [0, 0.1) is 0 Å². The molecule has 0 saturated heterocycles. The molecule has 2 N–H and O–H groups in total. The van der Waals surface area contributed by atoms with Crippen LogP contribution in [-0.2, 0) is 19.6 Å². The van der Waals surface area contributed by atoms with Crippen LogP contribution in [0.3, 0.4) is 0 Å². The highest BCUT2D eigenvalue weighted by molar-refractivity contribution is 14.0. The molecule has 2 aromatic carbocycles. The molecule has 0 atom stereocenters. The second-order valence-corrected chi connectivity index (χ2v) is 6.76. The Bertz CT molecular complexity index is 988. The minimum absolute atomic E-state index is 0. The highest BCUT2D eigenvalue weighted by atomic mass is 127. The van der Waals surface area contributed by atoms with Crippen molar-refractivity contribution < 1.29 is 13.5 Å². The first kappa shape index (κ1) is 24.8. The van der Waals surface area contributed by atoms with E-state index in [0.717, 1.165) is 11.1 Å². The van der Waals surface area contributed by atoms with Crippen LogP contribution in [-0.4, -0.2) is 34.4 Å². The van der Waals surface area contributed by atoms with Crippen molar-refractivity contribution in [1.82, 2.24) is 25.4 Å². The Hall–Kier alpha value is -2.47. The molecule has 0 amide bonds. The number of alkyl halides is 2. The Morgan fingerprint density at radius 3 is 2.65 bits per heavy atom. The Morgan fingerprint density at radius 2 is 1.94 bits per heavy atom. The SMILES string of the molecule is CN=C(NCc1cccc(Cn2cncn2)c1)NCc1cc(Cl)ccc1OC(F)F.I. The Labute approximate surface area is 200 Å². The first-order valence-corrected chi connectivity index (χ1v) is 9.49. The third-order valence-electron chi connectivity index (χ3n) is 4.17. The zero-order chi connectivity index (χ0) is 21.3. The molecule has 0 bridgehead atoms. The number of aliphatic imine (C=N–C) groups is 1. The lowest BCUT2D eigenvalue weighted by atomic mass is 10.1. The van der Waals surface area contributed by atoms with Gasteiger partial charge in [-0.05, 0) is 29.3 Å². The number of rotatable bonds is 8. The molecule has 31 heavy (non-hydrogen) atoms. The number of ether oxygens (including phenoxy) is 1. The summed E-state index contributed by atoms with van der Waals surface area (Å²) in [6.45, 7) is -1.54. The number of hydrogen-bond donors (Lipinski definition) is 2. The van der Waals surface area contributed by atoms with E-state index in [0.29, 0.717) is 29.6 Å². The van der Waals surface area contributed by atoms with Gasteiger partial charge in [0.25, 0.3) is 0 Å².